The number of benzene rings is 4. The minimum atomic E-state index is -1.52. The number of carbonyl (C=O) groups is 5. The Labute approximate surface area is 307 Å². The third kappa shape index (κ3) is 4.84. The van der Waals surface area contributed by atoms with Crippen LogP contribution < -0.4 is 9.64 Å². The molecule has 0 spiro atoms. The third-order valence-electron chi connectivity index (χ3n) is 11.3. The third-order valence-corrected chi connectivity index (χ3v) is 11.8. The second kappa shape index (κ2) is 12.6. The van der Waals surface area contributed by atoms with Crippen LogP contribution in [-0.2, 0) is 24.6 Å². The molecule has 2 N–H and O–H groups in total. The number of nitrogens with zero attached hydrogens (tertiary/aromatic N) is 1. The largest absolute Gasteiger partial charge is 0.504 e. The Kier molecular flexibility index (Phi) is 8.10. The molecule has 3 aliphatic carbocycles. The Morgan fingerprint density at radius 2 is 1.56 bits per heavy atom. The number of halogens is 1. The summed E-state index contributed by atoms with van der Waals surface area (Å²) in [5.74, 6) is -6.76. The average molecular weight is 759 g/mol. The number of allylic oxidation sites excluding steroid dienone is 4. The number of anilines is 1. The quantitative estimate of drug-likeness (QED) is 0.160. The van der Waals surface area contributed by atoms with Gasteiger partial charge in [0.1, 0.15) is 0 Å². The van der Waals surface area contributed by atoms with Crippen molar-refractivity contribution < 1.29 is 38.9 Å². The number of ether oxygens (including phenoxy) is 1. The zero-order chi connectivity index (χ0) is 36.5. The lowest BCUT2D eigenvalue weighted by atomic mass is 9.44. The summed E-state index contributed by atoms with van der Waals surface area (Å²) in [5.41, 5.74) is 1.26. The van der Waals surface area contributed by atoms with E-state index in [-0.39, 0.29) is 52.7 Å². The number of hydrogen-bond donors (Lipinski definition) is 2. The van der Waals surface area contributed by atoms with E-state index in [1.165, 1.54) is 37.5 Å². The van der Waals surface area contributed by atoms with E-state index in [2.05, 4.69) is 15.9 Å². The number of phenols is 1. The smallest absolute Gasteiger partial charge is 0.335 e. The highest BCUT2D eigenvalue weighted by molar-refractivity contribution is 9.10. The van der Waals surface area contributed by atoms with Crippen LogP contribution >= 0.6 is 15.9 Å². The molecule has 8 rings (SSSR count). The number of phenolic OH excluding ortho intramolecular Hbond substituents is 1. The summed E-state index contributed by atoms with van der Waals surface area (Å²) in [4.78, 5) is 71.5. The van der Waals surface area contributed by atoms with Crippen LogP contribution in [0.2, 0.25) is 0 Å². The summed E-state index contributed by atoms with van der Waals surface area (Å²) in [6, 6.07) is 27.1. The molecule has 1 saturated heterocycles. The van der Waals surface area contributed by atoms with Gasteiger partial charge in [-0.2, -0.15) is 0 Å². The van der Waals surface area contributed by atoms with Crippen LogP contribution in [0.25, 0.3) is 5.57 Å². The first kappa shape index (κ1) is 33.5. The Morgan fingerprint density at radius 3 is 2.21 bits per heavy atom. The Balaban J connectivity index is 1.36. The van der Waals surface area contributed by atoms with Crippen LogP contribution in [0, 0.1) is 23.7 Å². The van der Waals surface area contributed by atoms with E-state index in [1.54, 1.807) is 36.4 Å². The molecule has 4 aromatic rings. The second-order valence-electron chi connectivity index (χ2n) is 13.7. The maximum atomic E-state index is 15.2. The van der Waals surface area contributed by atoms with Crippen molar-refractivity contribution in [3.63, 3.8) is 0 Å². The van der Waals surface area contributed by atoms with Gasteiger partial charge in [0.05, 0.1) is 35.6 Å². The second-order valence-corrected chi connectivity index (χ2v) is 14.6. The highest BCUT2D eigenvalue weighted by Gasteiger charge is 2.66. The minimum absolute atomic E-state index is 0.0172. The van der Waals surface area contributed by atoms with Gasteiger partial charge in [-0.3, -0.25) is 24.1 Å². The van der Waals surface area contributed by atoms with E-state index in [9.17, 15) is 24.6 Å². The number of aromatic carboxylic acids is 1. The molecule has 2 fully saturated rings. The minimum Gasteiger partial charge on any atom is -0.504 e. The SMILES string of the molecule is COc1cc(Br)cc([C@H]2C3=CC[C@@H]4C(=O)N(c5ccc(C(=O)O)cc5)C(=O)[C@@H]4[C@@H]3C[C@H]3C(=O)C(c4ccccc4)=CC(=O)[C@@]23c2ccccc2)c1O. The van der Waals surface area contributed by atoms with Crippen LogP contribution in [0.3, 0.4) is 0 Å². The summed E-state index contributed by atoms with van der Waals surface area (Å²) in [7, 11) is 1.43. The Hall–Kier alpha value is -5.61. The molecule has 0 aromatic heterocycles. The van der Waals surface area contributed by atoms with Gasteiger partial charge in [-0.05, 0) is 72.4 Å². The van der Waals surface area contributed by atoms with Gasteiger partial charge in [0.25, 0.3) is 0 Å². The van der Waals surface area contributed by atoms with Crippen molar-refractivity contribution in [2.75, 3.05) is 12.0 Å². The van der Waals surface area contributed by atoms with Crippen molar-refractivity contribution in [3.8, 4) is 11.5 Å². The molecular formula is C42H32BrNO8. The number of rotatable bonds is 6. The summed E-state index contributed by atoms with van der Waals surface area (Å²) < 4.78 is 6.15. The summed E-state index contributed by atoms with van der Waals surface area (Å²) in [6.45, 7) is 0. The predicted octanol–water partition coefficient (Wildman–Crippen LogP) is 6.89. The van der Waals surface area contributed by atoms with E-state index < -0.39 is 52.8 Å². The predicted molar refractivity (Wildman–Crippen MR) is 195 cm³/mol. The molecule has 1 aliphatic heterocycles. The fourth-order valence-corrected chi connectivity index (χ4v) is 9.65. The monoisotopic (exact) mass is 757 g/mol. The zero-order valence-corrected chi connectivity index (χ0v) is 29.4. The van der Waals surface area contributed by atoms with Crippen LogP contribution in [-0.4, -0.2) is 46.7 Å². The number of carboxylic acids is 1. The number of carbonyl (C=O) groups excluding carboxylic acids is 4. The lowest BCUT2D eigenvalue weighted by molar-refractivity contribution is -0.135. The molecular weight excluding hydrogens is 726 g/mol. The van der Waals surface area contributed by atoms with Crippen molar-refractivity contribution in [1.82, 2.24) is 0 Å². The first-order chi connectivity index (χ1) is 25.1. The lowest BCUT2D eigenvalue weighted by Crippen LogP contribution is -2.58. The molecule has 4 aromatic carbocycles. The fraction of sp³-hybridized carbons (Fsp3) is 0.214. The molecule has 10 heteroatoms. The topological polar surface area (TPSA) is 138 Å². The lowest BCUT2D eigenvalue weighted by Gasteiger charge is -2.55. The number of aromatic hydroxyl groups is 1. The maximum Gasteiger partial charge on any atom is 0.335 e. The molecule has 1 heterocycles. The molecule has 260 valence electrons. The number of hydrogen-bond acceptors (Lipinski definition) is 7. The van der Waals surface area contributed by atoms with Gasteiger partial charge in [-0.1, -0.05) is 88.2 Å². The number of ketones is 2. The highest BCUT2D eigenvalue weighted by Crippen LogP contribution is 2.65. The molecule has 0 bridgehead atoms. The van der Waals surface area contributed by atoms with Gasteiger partial charge in [0.15, 0.2) is 23.1 Å². The van der Waals surface area contributed by atoms with Crippen LogP contribution in [0.5, 0.6) is 11.5 Å². The molecule has 9 nitrogen and oxygen atoms in total. The van der Waals surface area contributed by atoms with Gasteiger partial charge in [-0.15, -0.1) is 0 Å². The first-order valence-corrected chi connectivity index (χ1v) is 17.8. The number of amides is 2. The van der Waals surface area contributed by atoms with Gasteiger partial charge in [-0.25, -0.2) is 4.79 Å². The molecule has 52 heavy (non-hydrogen) atoms. The van der Waals surface area contributed by atoms with E-state index in [0.29, 0.717) is 26.7 Å². The van der Waals surface area contributed by atoms with Crippen molar-refractivity contribution in [1.29, 1.82) is 0 Å². The standard InChI is InChI=1S/C42H32BrNO8/c1-52-33-19-25(43)18-31(38(33)47)36-27-16-17-28-35(40(49)44(39(28)48)26-14-12-23(13-15-26)41(50)51)30(27)20-32-37(46)29(22-8-4-2-5-9-22)21-34(45)42(32,36)24-10-6-3-7-11-24/h2-16,18-19,21,28,30,32,35-36,47H,17,20H2,1H3,(H,50,51)/t28-,30+,32-,35-,36+,42-/m0/s1. The fourth-order valence-electron chi connectivity index (χ4n) is 9.20. The molecule has 6 atom stereocenters. The van der Waals surface area contributed by atoms with Gasteiger partial charge in [0, 0.05) is 27.4 Å². The van der Waals surface area contributed by atoms with Crippen LogP contribution in [0.1, 0.15) is 45.8 Å². The Morgan fingerprint density at radius 1 is 0.885 bits per heavy atom. The number of Topliss-reactive ketones (excluding diaryl/α,β-unsaturated/α-hetero) is 1. The van der Waals surface area contributed by atoms with Crippen molar-refractivity contribution in [2.24, 2.45) is 23.7 Å². The van der Waals surface area contributed by atoms with E-state index >= 15 is 9.59 Å². The molecule has 2 amide bonds. The molecule has 0 unspecified atom stereocenters. The number of imide groups is 1. The number of fused-ring (bicyclic) bond motifs is 4. The summed E-state index contributed by atoms with van der Waals surface area (Å²) in [5, 5.41) is 21.3. The first-order valence-electron chi connectivity index (χ1n) is 17.0. The summed E-state index contributed by atoms with van der Waals surface area (Å²) >= 11 is 3.57. The van der Waals surface area contributed by atoms with Crippen molar-refractivity contribution in [2.45, 2.75) is 24.2 Å². The van der Waals surface area contributed by atoms with E-state index in [4.69, 9.17) is 4.74 Å². The average Bonchev–Trinajstić information content (AvgIpc) is 3.42. The van der Waals surface area contributed by atoms with Crippen molar-refractivity contribution >= 4 is 56.5 Å². The van der Waals surface area contributed by atoms with Crippen LogP contribution in [0.15, 0.2) is 119 Å². The number of carboxylic acid groups (broad SMARTS) is 1. The molecule has 4 aliphatic rings. The maximum absolute atomic E-state index is 15.2. The Bertz CT molecular complexity index is 2250. The van der Waals surface area contributed by atoms with Crippen LogP contribution in [0.4, 0.5) is 5.69 Å². The van der Waals surface area contributed by atoms with Gasteiger partial charge >= 0.3 is 5.97 Å². The molecule has 0 radical (unpaired) electrons. The number of methoxy groups -OCH3 is 1. The van der Waals surface area contributed by atoms with E-state index in [0.717, 1.165) is 4.90 Å². The molecule has 1 saturated carbocycles. The highest BCUT2D eigenvalue weighted by atomic mass is 79.9. The van der Waals surface area contributed by atoms with E-state index in [1.807, 2.05) is 42.5 Å². The van der Waals surface area contributed by atoms with Crippen molar-refractivity contribution in [3.05, 3.63) is 142 Å². The van der Waals surface area contributed by atoms with Gasteiger partial charge < -0.3 is 14.9 Å². The zero-order valence-electron chi connectivity index (χ0n) is 27.9. The summed E-state index contributed by atoms with van der Waals surface area (Å²) in [6.07, 6.45) is 3.64. The van der Waals surface area contributed by atoms with Gasteiger partial charge in [0.2, 0.25) is 11.8 Å². The normalized spacial score (nSPS) is 26.6.